The van der Waals surface area contributed by atoms with Crippen LogP contribution in [0.5, 0.6) is 0 Å². The number of rotatable bonds is 9. The molecule has 0 spiro atoms. The Morgan fingerprint density at radius 2 is 1.70 bits per heavy atom. The van der Waals surface area contributed by atoms with Crippen molar-refractivity contribution in [3.63, 3.8) is 0 Å². The number of ether oxygens (including phenoxy) is 1. The lowest BCUT2D eigenvalue weighted by atomic mass is 10.1. The van der Waals surface area contributed by atoms with Gasteiger partial charge in [-0.2, -0.15) is 0 Å². The Balaban J connectivity index is 1.47. The van der Waals surface area contributed by atoms with Crippen LogP contribution >= 0.6 is 0 Å². The molecule has 37 heavy (non-hydrogen) atoms. The number of carbonyl (C=O) groups excluding carboxylic acids is 2. The Kier molecular flexibility index (Phi) is 8.20. The third kappa shape index (κ3) is 6.72. The smallest absolute Gasteiger partial charge is 0.255 e. The summed E-state index contributed by atoms with van der Waals surface area (Å²) in [5.74, 6) is -1.30. The van der Waals surface area contributed by atoms with Gasteiger partial charge in [0.05, 0.1) is 35.8 Å². The van der Waals surface area contributed by atoms with E-state index in [0.29, 0.717) is 24.4 Å². The Bertz CT molecular complexity index is 1370. The molecule has 2 amide bonds. The van der Waals surface area contributed by atoms with Crippen LogP contribution in [0.4, 0.5) is 15.8 Å². The van der Waals surface area contributed by atoms with Crippen molar-refractivity contribution in [1.29, 1.82) is 0 Å². The van der Waals surface area contributed by atoms with Crippen LogP contribution in [0.15, 0.2) is 72.8 Å². The fraction of sp³-hybridized carbons (Fsp3) is 0.259. The van der Waals surface area contributed by atoms with Gasteiger partial charge in [0.2, 0.25) is 10.0 Å². The van der Waals surface area contributed by atoms with Gasteiger partial charge in [-0.25, -0.2) is 12.8 Å². The number of hydrogen-bond donors (Lipinski definition) is 2. The molecule has 0 saturated carbocycles. The monoisotopic (exact) mass is 525 g/mol. The second-order valence-corrected chi connectivity index (χ2v) is 10.7. The van der Waals surface area contributed by atoms with E-state index < -0.39 is 21.7 Å². The number of nitrogens with zero attached hydrogens (tertiary/aromatic N) is 1. The third-order valence-electron chi connectivity index (χ3n) is 6.02. The van der Waals surface area contributed by atoms with Crippen molar-refractivity contribution in [2.75, 3.05) is 29.0 Å². The summed E-state index contributed by atoms with van der Waals surface area (Å²) in [4.78, 5) is 25.6. The van der Waals surface area contributed by atoms with E-state index >= 15 is 0 Å². The first kappa shape index (κ1) is 26.3. The molecule has 1 saturated heterocycles. The maximum Gasteiger partial charge on any atom is 0.255 e. The summed E-state index contributed by atoms with van der Waals surface area (Å²) in [6, 6.07) is 18.5. The van der Waals surface area contributed by atoms with Crippen molar-refractivity contribution in [3.8, 4) is 0 Å². The maximum absolute atomic E-state index is 14.1. The largest absolute Gasteiger partial charge is 0.376 e. The van der Waals surface area contributed by atoms with Crippen LogP contribution in [0.25, 0.3) is 0 Å². The lowest BCUT2D eigenvalue weighted by molar-refractivity contribution is 0.0858. The molecule has 1 aliphatic rings. The quantitative estimate of drug-likeness (QED) is 0.440. The van der Waals surface area contributed by atoms with Crippen LogP contribution in [0.2, 0.25) is 0 Å². The fourth-order valence-corrected chi connectivity index (χ4v) is 4.93. The molecule has 3 aromatic rings. The number of benzene rings is 3. The molecule has 0 aromatic heterocycles. The van der Waals surface area contributed by atoms with Gasteiger partial charge in [0.25, 0.3) is 11.8 Å². The molecule has 0 bridgehead atoms. The van der Waals surface area contributed by atoms with Crippen molar-refractivity contribution >= 4 is 33.2 Å². The number of amides is 2. The highest BCUT2D eigenvalue weighted by molar-refractivity contribution is 7.92. The molecule has 0 radical (unpaired) electrons. The number of sulfonamides is 1. The number of hydrogen-bond acceptors (Lipinski definition) is 5. The summed E-state index contributed by atoms with van der Waals surface area (Å²) >= 11 is 0. The first-order chi connectivity index (χ1) is 17.7. The Labute approximate surface area is 215 Å². The van der Waals surface area contributed by atoms with Gasteiger partial charge in [-0.05, 0) is 55.3 Å². The number of halogens is 1. The van der Waals surface area contributed by atoms with E-state index in [1.54, 1.807) is 30.3 Å². The average molecular weight is 526 g/mol. The van der Waals surface area contributed by atoms with E-state index in [9.17, 15) is 22.4 Å². The molecule has 1 heterocycles. The molecule has 8 nitrogen and oxygen atoms in total. The molecule has 1 aliphatic heterocycles. The van der Waals surface area contributed by atoms with Gasteiger partial charge in [0.1, 0.15) is 5.82 Å². The summed E-state index contributed by atoms with van der Waals surface area (Å²) in [5, 5.41) is 5.60. The summed E-state index contributed by atoms with van der Waals surface area (Å²) in [7, 11) is -3.73. The SMILES string of the molecule is CS(=O)(=O)N(Cc1ccccc1F)c1ccc(C(=O)Nc2ccccc2C(=O)NC[C@H]2CCCO2)cc1. The van der Waals surface area contributed by atoms with E-state index in [4.69, 9.17) is 4.74 Å². The fourth-order valence-electron chi connectivity index (χ4n) is 4.05. The van der Waals surface area contributed by atoms with Crippen LogP contribution in [-0.2, 0) is 21.3 Å². The van der Waals surface area contributed by atoms with Crippen molar-refractivity contribution in [2.45, 2.75) is 25.5 Å². The molecule has 194 valence electrons. The second kappa shape index (κ2) is 11.5. The number of anilines is 2. The zero-order valence-corrected chi connectivity index (χ0v) is 21.1. The minimum atomic E-state index is -3.73. The normalized spacial score (nSPS) is 15.2. The van der Waals surface area contributed by atoms with Crippen molar-refractivity contribution in [3.05, 3.63) is 95.3 Å². The van der Waals surface area contributed by atoms with Gasteiger partial charge in [0.15, 0.2) is 0 Å². The molecule has 10 heteroatoms. The average Bonchev–Trinajstić information content (AvgIpc) is 3.40. The zero-order chi connectivity index (χ0) is 26.4. The minimum Gasteiger partial charge on any atom is -0.376 e. The lowest BCUT2D eigenvalue weighted by Crippen LogP contribution is -2.32. The highest BCUT2D eigenvalue weighted by atomic mass is 32.2. The molecule has 2 N–H and O–H groups in total. The Hall–Kier alpha value is -3.76. The van der Waals surface area contributed by atoms with Crippen molar-refractivity contribution < 1.29 is 27.1 Å². The first-order valence-electron chi connectivity index (χ1n) is 11.8. The van der Waals surface area contributed by atoms with Gasteiger partial charge in [-0.3, -0.25) is 13.9 Å². The van der Waals surface area contributed by atoms with Crippen LogP contribution in [0.1, 0.15) is 39.1 Å². The molecule has 0 aliphatic carbocycles. The third-order valence-corrected chi connectivity index (χ3v) is 7.16. The molecule has 4 rings (SSSR count). The zero-order valence-electron chi connectivity index (χ0n) is 20.3. The predicted molar refractivity (Wildman–Crippen MR) is 140 cm³/mol. The second-order valence-electron chi connectivity index (χ2n) is 8.75. The van der Waals surface area contributed by atoms with Crippen LogP contribution in [0.3, 0.4) is 0 Å². The van der Waals surface area contributed by atoms with Crippen molar-refractivity contribution in [1.82, 2.24) is 5.32 Å². The van der Waals surface area contributed by atoms with E-state index in [1.165, 1.54) is 42.5 Å². The van der Waals surface area contributed by atoms with E-state index in [-0.39, 0.29) is 35.4 Å². The van der Waals surface area contributed by atoms with E-state index in [2.05, 4.69) is 10.6 Å². The Morgan fingerprint density at radius 1 is 1.00 bits per heavy atom. The summed E-state index contributed by atoms with van der Waals surface area (Å²) < 4.78 is 45.6. The standard InChI is InChI=1S/C27H28FN3O5S/c1-37(34,35)31(18-20-7-2-4-10-24(20)28)21-14-12-19(13-15-21)26(32)30-25-11-5-3-9-23(25)27(33)29-17-22-8-6-16-36-22/h2-5,7,9-15,22H,6,8,16-18H2,1H3,(H,29,33)(H,30,32)/t22-/m1/s1. The number of para-hydroxylation sites is 1. The van der Waals surface area contributed by atoms with Gasteiger partial charge in [0, 0.05) is 24.3 Å². The van der Waals surface area contributed by atoms with Crippen LogP contribution < -0.4 is 14.9 Å². The molecule has 1 atom stereocenters. The van der Waals surface area contributed by atoms with Gasteiger partial charge < -0.3 is 15.4 Å². The summed E-state index contributed by atoms with van der Waals surface area (Å²) in [6.07, 6.45) is 2.90. The first-order valence-corrected chi connectivity index (χ1v) is 13.7. The Morgan fingerprint density at radius 3 is 2.38 bits per heavy atom. The molecule has 1 fully saturated rings. The molecule has 3 aromatic carbocycles. The maximum atomic E-state index is 14.1. The summed E-state index contributed by atoms with van der Waals surface area (Å²) in [6.45, 7) is 0.898. The van der Waals surface area contributed by atoms with Gasteiger partial charge >= 0.3 is 0 Å². The van der Waals surface area contributed by atoms with Crippen LogP contribution in [0, 0.1) is 5.82 Å². The van der Waals surface area contributed by atoms with Gasteiger partial charge in [-0.15, -0.1) is 0 Å². The highest BCUT2D eigenvalue weighted by Gasteiger charge is 2.21. The number of nitrogens with one attached hydrogen (secondary N) is 2. The van der Waals surface area contributed by atoms with Gasteiger partial charge in [-0.1, -0.05) is 30.3 Å². The molecule has 0 unspecified atom stereocenters. The molecular formula is C27H28FN3O5S. The van der Waals surface area contributed by atoms with E-state index in [0.717, 1.165) is 23.4 Å². The van der Waals surface area contributed by atoms with Crippen LogP contribution in [-0.4, -0.2) is 45.7 Å². The lowest BCUT2D eigenvalue weighted by Gasteiger charge is -2.23. The minimum absolute atomic E-state index is 0.00546. The summed E-state index contributed by atoms with van der Waals surface area (Å²) in [5.41, 5.74) is 1.44. The molecular weight excluding hydrogens is 497 g/mol. The predicted octanol–water partition coefficient (Wildman–Crippen LogP) is 3.95. The topological polar surface area (TPSA) is 105 Å². The van der Waals surface area contributed by atoms with Crippen molar-refractivity contribution in [2.24, 2.45) is 0 Å². The number of carbonyl (C=O) groups is 2. The highest BCUT2D eigenvalue weighted by Crippen LogP contribution is 2.23. The van der Waals surface area contributed by atoms with E-state index in [1.807, 2.05) is 0 Å².